The molecule has 0 saturated carbocycles. The second kappa shape index (κ2) is 8.82. The van der Waals surface area contributed by atoms with E-state index in [1.807, 2.05) is 30.3 Å². The molecule has 0 radical (unpaired) electrons. The van der Waals surface area contributed by atoms with Gasteiger partial charge in [-0.3, -0.25) is 14.5 Å². The summed E-state index contributed by atoms with van der Waals surface area (Å²) in [4.78, 5) is 26.0. The lowest BCUT2D eigenvalue weighted by Gasteiger charge is -2.26. The molecule has 0 saturated heterocycles. The third-order valence-electron chi connectivity index (χ3n) is 4.09. The lowest BCUT2D eigenvalue weighted by molar-refractivity contribution is -0.139. The first-order chi connectivity index (χ1) is 12.5. The highest BCUT2D eigenvalue weighted by atomic mass is 16.5. The van der Waals surface area contributed by atoms with Crippen LogP contribution in [0.15, 0.2) is 53.6 Å². The van der Waals surface area contributed by atoms with E-state index in [9.17, 15) is 14.9 Å². The smallest absolute Gasteiger partial charge is 0.271 e. The van der Waals surface area contributed by atoms with E-state index >= 15 is 0 Å². The monoisotopic (exact) mass is 350 g/mol. The molecule has 1 aliphatic heterocycles. The minimum atomic E-state index is -0.577. The maximum absolute atomic E-state index is 12.7. The molecule has 0 fully saturated rings. The van der Waals surface area contributed by atoms with Crippen molar-refractivity contribution in [1.29, 1.82) is 5.26 Å². The quantitative estimate of drug-likeness (QED) is 0.326. The van der Waals surface area contributed by atoms with Crippen LogP contribution in [-0.4, -0.2) is 29.9 Å². The summed E-state index contributed by atoms with van der Waals surface area (Å²) < 4.78 is 5.63. The van der Waals surface area contributed by atoms with Crippen LogP contribution in [0.3, 0.4) is 0 Å². The van der Waals surface area contributed by atoms with Gasteiger partial charge in [0.1, 0.15) is 17.4 Å². The second-order valence-corrected chi connectivity index (χ2v) is 5.95. The average Bonchev–Trinajstić information content (AvgIpc) is 2.64. The fourth-order valence-corrected chi connectivity index (χ4v) is 2.59. The lowest BCUT2D eigenvalue weighted by atomic mass is 9.93. The van der Waals surface area contributed by atoms with Crippen molar-refractivity contribution < 1.29 is 14.3 Å². The number of hydrogen-bond donors (Lipinski definition) is 0. The zero-order valence-electron chi connectivity index (χ0n) is 15.1. The molecule has 1 heterocycles. The van der Waals surface area contributed by atoms with Crippen LogP contribution in [0.1, 0.15) is 32.3 Å². The first-order valence-electron chi connectivity index (χ1n) is 8.56. The number of amides is 2. The van der Waals surface area contributed by atoms with Crippen molar-refractivity contribution in [3.05, 3.63) is 59.2 Å². The van der Waals surface area contributed by atoms with Gasteiger partial charge >= 0.3 is 0 Å². The average molecular weight is 350 g/mol. The van der Waals surface area contributed by atoms with Crippen LogP contribution in [0.2, 0.25) is 0 Å². The number of unbranched alkanes of at least 4 members (excludes halogenated alkanes) is 1. The second-order valence-electron chi connectivity index (χ2n) is 5.95. The fraction of sp³-hybridized carbons (Fsp3) is 0.286. The Bertz CT molecular complexity index is 811. The highest BCUT2D eigenvalue weighted by Crippen LogP contribution is 2.27. The summed E-state index contributed by atoms with van der Waals surface area (Å²) in [5, 5.41) is 9.29. The van der Waals surface area contributed by atoms with Gasteiger partial charge in [0.2, 0.25) is 0 Å². The molecule has 2 rings (SSSR count). The van der Waals surface area contributed by atoms with E-state index in [1.54, 1.807) is 13.0 Å². The van der Waals surface area contributed by atoms with Crippen LogP contribution in [0.5, 0.6) is 5.75 Å². The normalized spacial score (nSPS) is 16.0. The van der Waals surface area contributed by atoms with Crippen LogP contribution in [0, 0.1) is 11.3 Å². The molecule has 0 aromatic heterocycles. The van der Waals surface area contributed by atoms with Gasteiger partial charge in [0.15, 0.2) is 0 Å². The molecule has 0 atom stereocenters. The van der Waals surface area contributed by atoms with Crippen molar-refractivity contribution in [1.82, 2.24) is 4.90 Å². The van der Waals surface area contributed by atoms with Crippen molar-refractivity contribution >= 4 is 17.9 Å². The van der Waals surface area contributed by atoms with Crippen LogP contribution >= 0.6 is 0 Å². The number of carbonyl (C=O) groups is 2. The summed E-state index contributed by atoms with van der Waals surface area (Å²) in [6, 6.07) is 9.27. The van der Waals surface area contributed by atoms with Crippen molar-refractivity contribution in [2.75, 3.05) is 13.2 Å². The predicted molar refractivity (Wildman–Crippen MR) is 100 cm³/mol. The van der Waals surface area contributed by atoms with Crippen LogP contribution in [0.25, 0.3) is 6.08 Å². The molecular formula is C21H22N2O3. The zero-order valence-corrected chi connectivity index (χ0v) is 15.1. The Hall–Kier alpha value is -3.13. The molecule has 2 amide bonds. The summed E-state index contributed by atoms with van der Waals surface area (Å²) in [6.45, 7) is 8.02. The van der Waals surface area contributed by atoms with Gasteiger partial charge < -0.3 is 4.74 Å². The maximum atomic E-state index is 12.7. The SMILES string of the molecule is C=CCN1C(=O)C(C#N)=C(C)/C(=C\c2ccc(OCCCC)cc2)C1=O. The van der Waals surface area contributed by atoms with E-state index in [1.165, 1.54) is 6.08 Å². The van der Waals surface area contributed by atoms with E-state index in [0.29, 0.717) is 17.8 Å². The Morgan fingerprint density at radius 1 is 1.23 bits per heavy atom. The Balaban J connectivity index is 2.34. The number of benzene rings is 1. The van der Waals surface area contributed by atoms with Crippen molar-refractivity contribution in [2.24, 2.45) is 0 Å². The van der Waals surface area contributed by atoms with E-state index in [4.69, 9.17) is 4.74 Å². The van der Waals surface area contributed by atoms with Crippen LogP contribution < -0.4 is 4.74 Å². The molecular weight excluding hydrogens is 328 g/mol. The predicted octanol–water partition coefficient (Wildman–Crippen LogP) is 3.64. The van der Waals surface area contributed by atoms with Gasteiger partial charge in [-0.05, 0) is 42.7 Å². The Kier molecular flexibility index (Phi) is 6.51. The summed E-state index contributed by atoms with van der Waals surface area (Å²) in [6.07, 6.45) is 5.21. The van der Waals surface area contributed by atoms with Crippen LogP contribution in [-0.2, 0) is 9.59 Å². The number of carbonyl (C=O) groups excluding carboxylic acids is 2. The molecule has 1 aromatic carbocycles. The number of imide groups is 1. The van der Waals surface area contributed by atoms with Gasteiger partial charge in [-0.25, -0.2) is 0 Å². The minimum Gasteiger partial charge on any atom is -0.494 e. The molecule has 5 heteroatoms. The molecule has 0 bridgehead atoms. The van der Waals surface area contributed by atoms with Gasteiger partial charge in [-0.1, -0.05) is 31.6 Å². The third kappa shape index (κ3) is 4.09. The summed E-state index contributed by atoms with van der Waals surface area (Å²) >= 11 is 0. The molecule has 0 N–H and O–H groups in total. The molecule has 1 aliphatic rings. The number of nitrogens with zero attached hydrogens (tertiary/aromatic N) is 2. The van der Waals surface area contributed by atoms with Gasteiger partial charge in [0, 0.05) is 12.1 Å². The lowest BCUT2D eigenvalue weighted by Crippen LogP contribution is -2.42. The maximum Gasteiger partial charge on any atom is 0.271 e. The minimum absolute atomic E-state index is 0.0165. The molecule has 1 aromatic rings. The van der Waals surface area contributed by atoms with Gasteiger partial charge in [-0.15, -0.1) is 6.58 Å². The first-order valence-corrected chi connectivity index (χ1v) is 8.56. The van der Waals surface area contributed by atoms with Gasteiger partial charge in [-0.2, -0.15) is 5.26 Å². The Labute approximate surface area is 153 Å². The number of nitriles is 1. The zero-order chi connectivity index (χ0) is 19.1. The Morgan fingerprint density at radius 2 is 1.92 bits per heavy atom. The van der Waals surface area contributed by atoms with E-state index < -0.39 is 11.8 Å². The first kappa shape index (κ1) is 19.2. The topological polar surface area (TPSA) is 70.4 Å². The summed E-state index contributed by atoms with van der Waals surface area (Å²) in [5.74, 6) is -0.231. The number of rotatable bonds is 7. The van der Waals surface area contributed by atoms with E-state index in [-0.39, 0.29) is 12.1 Å². The van der Waals surface area contributed by atoms with Gasteiger partial charge in [0.05, 0.1) is 6.61 Å². The van der Waals surface area contributed by atoms with Gasteiger partial charge in [0.25, 0.3) is 11.8 Å². The third-order valence-corrected chi connectivity index (χ3v) is 4.09. The van der Waals surface area contributed by atoms with Crippen molar-refractivity contribution in [3.8, 4) is 11.8 Å². The highest BCUT2D eigenvalue weighted by molar-refractivity contribution is 6.19. The van der Waals surface area contributed by atoms with E-state index in [2.05, 4.69) is 13.5 Å². The molecule has 0 aliphatic carbocycles. The number of ether oxygens (including phenoxy) is 1. The molecule has 134 valence electrons. The Morgan fingerprint density at radius 3 is 2.50 bits per heavy atom. The molecule has 0 spiro atoms. The number of hydrogen-bond acceptors (Lipinski definition) is 4. The van der Waals surface area contributed by atoms with Crippen LogP contribution in [0.4, 0.5) is 0 Å². The standard InChI is InChI=1S/C21H22N2O3/c1-4-6-12-26-17-9-7-16(8-10-17)13-18-15(3)19(14-22)21(25)23(11-5-2)20(18)24/h5,7-10,13H,2,4,6,11-12H2,1,3H3/b18-13+. The van der Waals surface area contributed by atoms with Crippen molar-refractivity contribution in [2.45, 2.75) is 26.7 Å². The largest absolute Gasteiger partial charge is 0.494 e. The fourth-order valence-electron chi connectivity index (χ4n) is 2.59. The summed E-state index contributed by atoms with van der Waals surface area (Å²) in [5.41, 5.74) is 1.51. The van der Waals surface area contributed by atoms with E-state index in [0.717, 1.165) is 29.1 Å². The molecule has 26 heavy (non-hydrogen) atoms. The van der Waals surface area contributed by atoms with Crippen molar-refractivity contribution in [3.63, 3.8) is 0 Å². The highest BCUT2D eigenvalue weighted by Gasteiger charge is 2.34. The molecule has 5 nitrogen and oxygen atoms in total. The molecule has 0 unspecified atom stereocenters. The summed E-state index contributed by atoms with van der Waals surface area (Å²) in [7, 11) is 0.